The van der Waals surface area contributed by atoms with Crippen LogP contribution < -0.4 is 10.0 Å². The summed E-state index contributed by atoms with van der Waals surface area (Å²) in [4.78, 5) is 10.6. The number of hydrogen-bond acceptors (Lipinski definition) is 4. The monoisotopic (exact) mass is 242 g/mol. The molecule has 0 fully saturated rings. The number of aldehydes is 1. The second-order valence-corrected chi connectivity index (χ2v) is 5.03. The summed E-state index contributed by atoms with van der Waals surface area (Å²) in [5, 5.41) is 2.90. The number of benzene rings is 1. The molecule has 0 aliphatic carbocycles. The molecule has 5 nitrogen and oxygen atoms in total. The van der Waals surface area contributed by atoms with Crippen LogP contribution in [0.25, 0.3) is 0 Å². The van der Waals surface area contributed by atoms with E-state index in [0.29, 0.717) is 5.56 Å². The average Bonchev–Trinajstić information content (AvgIpc) is 2.29. The first-order valence-corrected chi connectivity index (χ1v) is 6.21. The molecule has 0 saturated carbocycles. The highest BCUT2D eigenvalue weighted by Gasteiger charge is 2.13. The fraction of sp³-hybridized carbons (Fsp3) is 0.300. The zero-order valence-corrected chi connectivity index (χ0v) is 9.97. The van der Waals surface area contributed by atoms with E-state index in [2.05, 4.69) is 10.0 Å². The molecular weight excluding hydrogens is 228 g/mol. The van der Waals surface area contributed by atoms with Gasteiger partial charge in [0.05, 0.1) is 4.90 Å². The first-order chi connectivity index (χ1) is 7.55. The highest BCUT2D eigenvalue weighted by atomic mass is 32.2. The number of sulfonamides is 1. The Balaban J connectivity index is 3.26. The predicted molar refractivity (Wildman–Crippen MR) is 62.0 cm³/mol. The summed E-state index contributed by atoms with van der Waals surface area (Å²) in [6.45, 7) is 0. The third kappa shape index (κ3) is 2.59. The molecule has 0 spiro atoms. The Hall–Kier alpha value is -1.40. The zero-order valence-electron chi connectivity index (χ0n) is 9.15. The third-order valence-corrected chi connectivity index (χ3v) is 3.64. The van der Waals surface area contributed by atoms with E-state index in [1.165, 1.54) is 19.2 Å². The van der Waals surface area contributed by atoms with Crippen molar-refractivity contribution >= 4 is 22.0 Å². The Morgan fingerprint density at radius 1 is 1.31 bits per heavy atom. The van der Waals surface area contributed by atoms with E-state index in [1.807, 2.05) is 0 Å². The van der Waals surface area contributed by atoms with Crippen LogP contribution in [-0.2, 0) is 21.2 Å². The molecule has 0 saturated heterocycles. The number of carbonyl (C=O) groups is 1. The van der Waals surface area contributed by atoms with E-state index in [0.717, 1.165) is 12.0 Å². The Kier molecular flexibility index (Phi) is 4.03. The van der Waals surface area contributed by atoms with Gasteiger partial charge in [0.25, 0.3) is 0 Å². The van der Waals surface area contributed by atoms with Crippen LogP contribution in [0.4, 0.5) is 5.69 Å². The van der Waals surface area contributed by atoms with Crippen molar-refractivity contribution in [2.45, 2.75) is 11.3 Å². The van der Waals surface area contributed by atoms with Gasteiger partial charge in [-0.15, -0.1) is 0 Å². The fourth-order valence-electron chi connectivity index (χ4n) is 1.36. The van der Waals surface area contributed by atoms with Crippen LogP contribution in [0.5, 0.6) is 0 Å². The van der Waals surface area contributed by atoms with E-state index < -0.39 is 10.0 Å². The SMILES string of the molecule is CNc1ccc(S(=O)(=O)NC)cc1CC=O. The van der Waals surface area contributed by atoms with Crippen molar-refractivity contribution in [3.8, 4) is 0 Å². The Labute approximate surface area is 94.9 Å². The molecule has 2 N–H and O–H groups in total. The van der Waals surface area contributed by atoms with Gasteiger partial charge in [0.15, 0.2) is 0 Å². The molecule has 1 aromatic carbocycles. The summed E-state index contributed by atoms with van der Waals surface area (Å²) in [7, 11) is -0.392. The topological polar surface area (TPSA) is 75.3 Å². The zero-order chi connectivity index (χ0) is 12.2. The minimum atomic E-state index is -3.46. The predicted octanol–water partition coefficient (Wildman–Crippen LogP) is 0.378. The van der Waals surface area contributed by atoms with E-state index >= 15 is 0 Å². The maximum atomic E-state index is 11.5. The molecule has 0 atom stereocenters. The minimum Gasteiger partial charge on any atom is -0.388 e. The number of nitrogens with one attached hydrogen (secondary N) is 2. The maximum absolute atomic E-state index is 11.5. The summed E-state index contributed by atoms with van der Waals surface area (Å²) >= 11 is 0. The van der Waals surface area contributed by atoms with Gasteiger partial charge in [-0.3, -0.25) is 0 Å². The number of carbonyl (C=O) groups excluding carboxylic acids is 1. The number of rotatable bonds is 5. The van der Waals surface area contributed by atoms with E-state index in [4.69, 9.17) is 0 Å². The number of hydrogen-bond donors (Lipinski definition) is 2. The molecular formula is C10H14N2O3S. The van der Waals surface area contributed by atoms with Gasteiger partial charge in [-0.2, -0.15) is 0 Å². The van der Waals surface area contributed by atoms with Crippen LogP contribution in [0.1, 0.15) is 5.56 Å². The van der Waals surface area contributed by atoms with Gasteiger partial charge in [0.1, 0.15) is 6.29 Å². The first kappa shape index (κ1) is 12.7. The lowest BCUT2D eigenvalue weighted by Gasteiger charge is -2.09. The van der Waals surface area contributed by atoms with Crippen molar-refractivity contribution in [3.05, 3.63) is 23.8 Å². The molecule has 0 aliphatic heterocycles. The third-order valence-electron chi connectivity index (χ3n) is 2.23. The van der Waals surface area contributed by atoms with E-state index in [1.54, 1.807) is 13.1 Å². The van der Waals surface area contributed by atoms with Crippen molar-refractivity contribution in [2.24, 2.45) is 0 Å². The van der Waals surface area contributed by atoms with Gasteiger partial charge in [0, 0.05) is 19.2 Å². The number of anilines is 1. The molecule has 0 radical (unpaired) electrons. The summed E-state index contributed by atoms with van der Waals surface area (Å²) in [5.74, 6) is 0. The van der Waals surface area contributed by atoms with Crippen molar-refractivity contribution in [1.29, 1.82) is 0 Å². The first-order valence-electron chi connectivity index (χ1n) is 4.73. The Morgan fingerprint density at radius 3 is 2.50 bits per heavy atom. The van der Waals surface area contributed by atoms with Crippen molar-refractivity contribution < 1.29 is 13.2 Å². The van der Waals surface area contributed by atoms with Gasteiger partial charge < -0.3 is 10.1 Å². The second kappa shape index (κ2) is 5.09. The molecule has 1 rings (SSSR count). The van der Waals surface area contributed by atoms with Gasteiger partial charge in [0.2, 0.25) is 10.0 Å². The largest absolute Gasteiger partial charge is 0.388 e. The van der Waals surface area contributed by atoms with Crippen LogP contribution >= 0.6 is 0 Å². The maximum Gasteiger partial charge on any atom is 0.240 e. The molecule has 16 heavy (non-hydrogen) atoms. The highest BCUT2D eigenvalue weighted by Crippen LogP contribution is 2.20. The molecule has 88 valence electrons. The summed E-state index contributed by atoms with van der Waals surface area (Å²) in [5.41, 5.74) is 1.41. The molecule has 0 heterocycles. The smallest absolute Gasteiger partial charge is 0.240 e. The van der Waals surface area contributed by atoms with Crippen LogP contribution in [0.15, 0.2) is 23.1 Å². The molecule has 0 amide bonds. The standard InChI is InChI=1S/C10H14N2O3S/c1-11-10-4-3-9(16(14,15)12-2)7-8(10)5-6-13/h3-4,6-7,11-12H,5H2,1-2H3. The van der Waals surface area contributed by atoms with Crippen molar-refractivity contribution in [2.75, 3.05) is 19.4 Å². The quantitative estimate of drug-likeness (QED) is 0.732. The molecule has 0 aliphatic rings. The van der Waals surface area contributed by atoms with Crippen molar-refractivity contribution in [3.63, 3.8) is 0 Å². The van der Waals surface area contributed by atoms with Crippen LogP contribution in [-0.4, -0.2) is 28.8 Å². The molecule has 0 unspecified atom stereocenters. The van der Waals surface area contributed by atoms with Gasteiger partial charge in [-0.05, 0) is 30.8 Å². The van der Waals surface area contributed by atoms with Crippen LogP contribution in [0.3, 0.4) is 0 Å². The average molecular weight is 242 g/mol. The molecule has 1 aromatic rings. The van der Waals surface area contributed by atoms with Crippen molar-refractivity contribution in [1.82, 2.24) is 4.72 Å². The van der Waals surface area contributed by atoms with Crippen LogP contribution in [0.2, 0.25) is 0 Å². The fourth-order valence-corrected chi connectivity index (χ4v) is 2.14. The highest BCUT2D eigenvalue weighted by molar-refractivity contribution is 7.89. The lowest BCUT2D eigenvalue weighted by Crippen LogP contribution is -2.18. The molecule has 0 bridgehead atoms. The van der Waals surface area contributed by atoms with Crippen LogP contribution in [0, 0.1) is 0 Å². The summed E-state index contributed by atoms with van der Waals surface area (Å²) in [6, 6.07) is 4.63. The normalized spacial score (nSPS) is 11.1. The van der Waals surface area contributed by atoms with E-state index in [-0.39, 0.29) is 11.3 Å². The molecule has 0 aromatic heterocycles. The Morgan fingerprint density at radius 2 is 2.00 bits per heavy atom. The lowest BCUT2D eigenvalue weighted by molar-refractivity contribution is -0.107. The Bertz CT molecular complexity index is 483. The molecule has 6 heteroatoms. The lowest BCUT2D eigenvalue weighted by atomic mass is 10.1. The van der Waals surface area contributed by atoms with Gasteiger partial charge >= 0.3 is 0 Å². The minimum absolute atomic E-state index is 0.158. The summed E-state index contributed by atoms with van der Waals surface area (Å²) in [6.07, 6.45) is 0.926. The van der Waals surface area contributed by atoms with Gasteiger partial charge in [-0.25, -0.2) is 13.1 Å². The summed E-state index contributed by atoms with van der Waals surface area (Å²) < 4.78 is 25.3. The van der Waals surface area contributed by atoms with E-state index in [9.17, 15) is 13.2 Å². The van der Waals surface area contributed by atoms with Gasteiger partial charge in [-0.1, -0.05) is 0 Å². The second-order valence-electron chi connectivity index (χ2n) is 3.15.